The molecular formula is C19H28N2O5S. The lowest BCUT2D eigenvalue weighted by molar-refractivity contribution is -0.151. The van der Waals surface area contributed by atoms with Crippen molar-refractivity contribution in [1.29, 1.82) is 0 Å². The summed E-state index contributed by atoms with van der Waals surface area (Å²) in [6.07, 6.45) is 2.77. The summed E-state index contributed by atoms with van der Waals surface area (Å²) in [5.74, 6) is -0.588. The Bertz CT molecular complexity index is 759. The fraction of sp³-hybridized carbons (Fsp3) is 0.579. The normalized spacial score (nSPS) is 17.9. The fourth-order valence-electron chi connectivity index (χ4n) is 3.07. The molecule has 150 valence electrons. The van der Waals surface area contributed by atoms with E-state index in [1.807, 2.05) is 12.1 Å². The Labute approximate surface area is 161 Å². The number of nitrogens with one attached hydrogen (secondary N) is 1. The molecule has 0 radical (unpaired) electrons. The summed E-state index contributed by atoms with van der Waals surface area (Å²) in [7, 11) is -3.46. The van der Waals surface area contributed by atoms with E-state index < -0.39 is 34.5 Å². The van der Waals surface area contributed by atoms with Gasteiger partial charge in [-0.15, -0.1) is 0 Å². The van der Waals surface area contributed by atoms with Crippen molar-refractivity contribution in [3.8, 4) is 0 Å². The van der Waals surface area contributed by atoms with Crippen LogP contribution in [0, 0.1) is 0 Å². The van der Waals surface area contributed by atoms with Crippen LogP contribution in [0.2, 0.25) is 0 Å². The molecule has 1 amide bonds. The Balaban J connectivity index is 1.72. The standard InChI is InChI=1S/C19H28N2O5S/c1-14(2)16-8-6-15(7-9-16)10-11-20-18(22)13-26-19(23)17-5-4-12-21(17)27(3,24)25/h6-9,14,17H,4-5,10-13H2,1-3H3,(H,20,22)/t17-/m0/s1. The molecule has 0 unspecified atom stereocenters. The molecule has 2 rings (SSSR count). The van der Waals surface area contributed by atoms with Crippen LogP contribution in [0.15, 0.2) is 24.3 Å². The first kappa shape index (κ1) is 21.4. The number of rotatable bonds is 8. The van der Waals surface area contributed by atoms with Crippen LogP contribution in [0.4, 0.5) is 0 Å². The lowest BCUT2D eigenvalue weighted by atomic mass is 10.0. The van der Waals surface area contributed by atoms with Gasteiger partial charge in [0, 0.05) is 13.1 Å². The SMILES string of the molecule is CC(C)c1ccc(CCNC(=O)COC(=O)[C@@H]2CCCN2S(C)(=O)=O)cc1. The lowest BCUT2D eigenvalue weighted by Crippen LogP contribution is -2.42. The molecule has 1 saturated heterocycles. The lowest BCUT2D eigenvalue weighted by Gasteiger charge is -2.20. The smallest absolute Gasteiger partial charge is 0.324 e. The maximum Gasteiger partial charge on any atom is 0.324 e. The van der Waals surface area contributed by atoms with E-state index in [1.165, 1.54) is 5.56 Å². The van der Waals surface area contributed by atoms with Crippen molar-refractivity contribution >= 4 is 21.9 Å². The average Bonchev–Trinajstić information content (AvgIpc) is 3.10. The summed E-state index contributed by atoms with van der Waals surface area (Å²) in [5.41, 5.74) is 2.39. The van der Waals surface area contributed by atoms with Gasteiger partial charge in [-0.2, -0.15) is 4.31 Å². The van der Waals surface area contributed by atoms with Crippen LogP contribution in [-0.2, 0) is 30.8 Å². The third-order valence-corrected chi connectivity index (χ3v) is 5.92. The second-order valence-electron chi connectivity index (χ2n) is 7.14. The second kappa shape index (κ2) is 9.32. The minimum Gasteiger partial charge on any atom is -0.454 e. The molecule has 1 heterocycles. The monoisotopic (exact) mass is 396 g/mol. The molecule has 1 aliphatic heterocycles. The summed E-state index contributed by atoms with van der Waals surface area (Å²) in [5, 5.41) is 2.71. The quantitative estimate of drug-likeness (QED) is 0.671. The Morgan fingerprint density at radius 2 is 1.93 bits per heavy atom. The summed E-state index contributed by atoms with van der Waals surface area (Å²) in [6.45, 7) is 4.62. The molecule has 1 atom stereocenters. The van der Waals surface area contributed by atoms with E-state index in [-0.39, 0.29) is 0 Å². The van der Waals surface area contributed by atoms with E-state index in [1.54, 1.807) is 0 Å². The van der Waals surface area contributed by atoms with Gasteiger partial charge >= 0.3 is 5.97 Å². The van der Waals surface area contributed by atoms with Gasteiger partial charge in [-0.1, -0.05) is 38.1 Å². The van der Waals surface area contributed by atoms with Gasteiger partial charge in [-0.3, -0.25) is 9.59 Å². The molecule has 27 heavy (non-hydrogen) atoms. The third-order valence-electron chi connectivity index (χ3n) is 4.63. The molecule has 0 saturated carbocycles. The zero-order chi connectivity index (χ0) is 20.0. The predicted molar refractivity (Wildman–Crippen MR) is 103 cm³/mol. The van der Waals surface area contributed by atoms with Gasteiger partial charge in [-0.25, -0.2) is 8.42 Å². The van der Waals surface area contributed by atoms with Crippen LogP contribution < -0.4 is 5.32 Å². The topological polar surface area (TPSA) is 92.8 Å². The fourth-order valence-corrected chi connectivity index (χ4v) is 4.19. The van der Waals surface area contributed by atoms with Crippen LogP contribution in [0.1, 0.15) is 43.7 Å². The van der Waals surface area contributed by atoms with Gasteiger partial charge in [0.2, 0.25) is 10.0 Å². The van der Waals surface area contributed by atoms with E-state index in [0.29, 0.717) is 38.3 Å². The van der Waals surface area contributed by atoms with Crippen molar-refractivity contribution < 1.29 is 22.7 Å². The number of carbonyl (C=O) groups excluding carboxylic acids is 2. The molecule has 1 fully saturated rings. The molecule has 0 aromatic heterocycles. The number of benzene rings is 1. The maximum atomic E-state index is 12.1. The Morgan fingerprint density at radius 3 is 2.52 bits per heavy atom. The van der Waals surface area contributed by atoms with Crippen molar-refractivity contribution in [1.82, 2.24) is 9.62 Å². The van der Waals surface area contributed by atoms with Gasteiger partial charge in [0.25, 0.3) is 5.91 Å². The van der Waals surface area contributed by atoms with E-state index in [2.05, 4.69) is 31.3 Å². The zero-order valence-corrected chi connectivity index (χ0v) is 16.9. The number of nitrogens with zero attached hydrogens (tertiary/aromatic N) is 1. The first-order valence-electron chi connectivity index (χ1n) is 9.17. The number of hydrogen-bond donors (Lipinski definition) is 1. The van der Waals surface area contributed by atoms with Crippen molar-refractivity contribution in [3.63, 3.8) is 0 Å². The minimum absolute atomic E-state index is 0.306. The largest absolute Gasteiger partial charge is 0.454 e. The summed E-state index contributed by atoms with van der Waals surface area (Å²) < 4.78 is 29.5. The molecular weight excluding hydrogens is 368 g/mol. The molecule has 1 N–H and O–H groups in total. The molecule has 8 heteroatoms. The average molecular weight is 397 g/mol. The number of esters is 1. The number of amides is 1. The number of ether oxygens (including phenoxy) is 1. The molecule has 0 aliphatic carbocycles. The third kappa shape index (κ3) is 6.32. The minimum atomic E-state index is -3.46. The maximum absolute atomic E-state index is 12.1. The highest BCUT2D eigenvalue weighted by Gasteiger charge is 2.37. The zero-order valence-electron chi connectivity index (χ0n) is 16.1. The number of sulfonamides is 1. The molecule has 7 nitrogen and oxygen atoms in total. The Kier molecular flexibility index (Phi) is 7.38. The van der Waals surface area contributed by atoms with E-state index >= 15 is 0 Å². The highest BCUT2D eigenvalue weighted by Crippen LogP contribution is 2.21. The molecule has 1 aromatic rings. The van der Waals surface area contributed by atoms with Crippen molar-refractivity contribution in [3.05, 3.63) is 35.4 Å². The van der Waals surface area contributed by atoms with Gasteiger partial charge in [0.1, 0.15) is 6.04 Å². The van der Waals surface area contributed by atoms with E-state index in [0.717, 1.165) is 16.1 Å². The molecule has 0 bridgehead atoms. The highest BCUT2D eigenvalue weighted by molar-refractivity contribution is 7.88. The van der Waals surface area contributed by atoms with Gasteiger partial charge in [0.15, 0.2) is 6.61 Å². The Morgan fingerprint density at radius 1 is 1.26 bits per heavy atom. The first-order valence-corrected chi connectivity index (χ1v) is 11.0. The second-order valence-corrected chi connectivity index (χ2v) is 9.07. The molecule has 0 spiro atoms. The molecule has 1 aliphatic rings. The van der Waals surface area contributed by atoms with Crippen LogP contribution >= 0.6 is 0 Å². The highest BCUT2D eigenvalue weighted by atomic mass is 32.2. The van der Waals surface area contributed by atoms with Gasteiger partial charge < -0.3 is 10.1 Å². The molecule has 1 aromatic carbocycles. The number of carbonyl (C=O) groups is 2. The van der Waals surface area contributed by atoms with E-state index in [4.69, 9.17) is 4.74 Å². The summed E-state index contributed by atoms with van der Waals surface area (Å²) in [4.78, 5) is 23.9. The van der Waals surface area contributed by atoms with Crippen molar-refractivity contribution in [2.45, 2.75) is 45.1 Å². The Hall–Kier alpha value is -1.93. The van der Waals surface area contributed by atoms with E-state index in [9.17, 15) is 18.0 Å². The van der Waals surface area contributed by atoms with Gasteiger partial charge in [-0.05, 0) is 36.3 Å². The predicted octanol–water partition coefficient (Wildman–Crippen LogP) is 1.44. The summed E-state index contributed by atoms with van der Waals surface area (Å²) >= 11 is 0. The van der Waals surface area contributed by atoms with Gasteiger partial charge in [0.05, 0.1) is 6.26 Å². The van der Waals surface area contributed by atoms with Crippen molar-refractivity contribution in [2.24, 2.45) is 0 Å². The van der Waals surface area contributed by atoms with Crippen LogP contribution in [0.5, 0.6) is 0 Å². The van der Waals surface area contributed by atoms with Crippen LogP contribution in [0.25, 0.3) is 0 Å². The summed E-state index contributed by atoms with van der Waals surface area (Å²) in [6, 6.07) is 7.42. The van der Waals surface area contributed by atoms with Crippen molar-refractivity contribution in [2.75, 3.05) is 26.0 Å². The van der Waals surface area contributed by atoms with Crippen LogP contribution in [-0.4, -0.2) is 56.6 Å². The van der Waals surface area contributed by atoms with Crippen LogP contribution in [0.3, 0.4) is 0 Å². The first-order chi connectivity index (χ1) is 12.7. The number of hydrogen-bond acceptors (Lipinski definition) is 5.